The lowest BCUT2D eigenvalue weighted by Gasteiger charge is -2.25. The van der Waals surface area contributed by atoms with Gasteiger partial charge in [-0.3, -0.25) is 0 Å². The summed E-state index contributed by atoms with van der Waals surface area (Å²) in [5.74, 6) is 0.773. The third-order valence-electron chi connectivity index (χ3n) is 2.60. The lowest BCUT2D eigenvalue weighted by Crippen LogP contribution is -2.34. The van der Waals surface area contributed by atoms with Crippen molar-refractivity contribution in [1.82, 2.24) is 0 Å². The van der Waals surface area contributed by atoms with Gasteiger partial charge in [0.2, 0.25) is 0 Å². The SMILES string of the molecule is CCOc1cccc([C@@](O)(CC)CN)c1. The van der Waals surface area contributed by atoms with Crippen molar-refractivity contribution in [1.29, 1.82) is 0 Å². The van der Waals surface area contributed by atoms with Crippen LogP contribution in [0.25, 0.3) is 0 Å². The average Bonchev–Trinajstić information content (AvgIpc) is 2.29. The van der Waals surface area contributed by atoms with Crippen molar-refractivity contribution in [3.05, 3.63) is 29.8 Å². The first-order valence-corrected chi connectivity index (χ1v) is 5.32. The minimum absolute atomic E-state index is 0.221. The first kappa shape index (κ1) is 12.0. The summed E-state index contributed by atoms with van der Waals surface area (Å²) in [6.45, 7) is 4.69. The van der Waals surface area contributed by atoms with Crippen LogP contribution in [0.2, 0.25) is 0 Å². The predicted octanol–water partition coefficient (Wildman–Crippen LogP) is 1.64. The third-order valence-corrected chi connectivity index (χ3v) is 2.60. The summed E-state index contributed by atoms with van der Waals surface area (Å²) < 4.78 is 5.38. The first-order chi connectivity index (χ1) is 7.16. The molecule has 0 amide bonds. The van der Waals surface area contributed by atoms with Crippen LogP contribution in [0.1, 0.15) is 25.8 Å². The maximum Gasteiger partial charge on any atom is 0.119 e. The van der Waals surface area contributed by atoms with Crippen molar-refractivity contribution < 1.29 is 9.84 Å². The van der Waals surface area contributed by atoms with Gasteiger partial charge in [-0.25, -0.2) is 0 Å². The van der Waals surface area contributed by atoms with Crippen LogP contribution in [-0.2, 0) is 5.60 Å². The number of rotatable bonds is 5. The smallest absolute Gasteiger partial charge is 0.119 e. The zero-order valence-corrected chi connectivity index (χ0v) is 9.36. The molecule has 1 aromatic carbocycles. The molecule has 0 fully saturated rings. The van der Waals surface area contributed by atoms with E-state index in [2.05, 4.69) is 0 Å². The van der Waals surface area contributed by atoms with Gasteiger partial charge in [0, 0.05) is 6.54 Å². The maximum atomic E-state index is 10.2. The molecule has 84 valence electrons. The Labute approximate surface area is 90.9 Å². The highest BCUT2D eigenvalue weighted by Gasteiger charge is 2.25. The summed E-state index contributed by atoms with van der Waals surface area (Å²) in [5.41, 5.74) is 5.46. The molecule has 3 N–H and O–H groups in total. The summed E-state index contributed by atoms with van der Waals surface area (Å²) >= 11 is 0. The molecule has 0 bridgehead atoms. The standard InChI is InChI=1S/C12H19NO2/c1-3-12(14,9-13)10-6-5-7-11(8-10)15-4-2/h5-8,14H,3-4,9,13H2,1-2H3/t12-/m1/s1. The molecule has 1 aromatic rings. The van der Waals surface area contributed by atoms with E-state index in [0.717, 1.165) is 11.3 Å². The molecule has 0 aliphatic rings. The largest absolute Gasteiger partial charge is 0.494 e. The molecular weight excluding hydrogens is 190 g/mol. The summed E-state index contributed by atoms with van der Waals surface area (Å²) in [4.78, 5) is 0. The summed E-state index contributed by atoms with van der Waals surface area (Å²) in [7, 11) is 0. The molecule has 3 nitrogen and oxygen atoms in total. The minimum Gasteiger partial charge on any atom is -0.494 e. The van der Waals surface area contributed by atoms with E-state index >= 15 is 0 Å². The molecule has 1 atom stereocenters. The molecule has 0 saturated carbocycles. The second-order valence-corrected chi connectivity index (χ2v) is 3.55. The van der Waals surface area contributed by atoms with Crippen molar-refractivity contribution in [2.75, 3.05) is 13.2 Å². The second kappa shape index (κ2) is 5.14. The van der Waals surface area contributed by atoms with Gasteiger partial charge in [0.25, 0.3) is 0 Å². The predicted molar refractivity (Wildman–Crippen MR) is 60.9 cm³/mol. The van der Waals surface area contributed by atoms with Gasteiger partial charge in [0.05, 0.1) is 6.61 Å². The van der Waals surface area contributed by atoms with Crippen molar-refractivity contribution in [3.63, 3.8) is 0 Å². The lowest BCUT2D eigenvalue weighted by atomic mass is 9.91. The fourth-order valence-electron chi connectivity index (χ4n) is 1.51. The monoisotopic (exact) mass is 209 g/mol. The number of hydrogen-bond donors (Lipinski definition) is 2. The maximum absolute atomic E-state index is 10.2. The van der Waals surface area contributed by atoms with Gasteiger partial charge in [-0.05, 0) is 31.0 Å². The first-order valence-electron chi connectivity index (χ1n) is 5.32. The Bertz CT molecular complexity index is 308. The van der Waals surface area contributed by atoms with E-state index in [1.54, 1.807) is 0 Å². The average molecular weight is 209 g/mol. The van der Waals surface area contributed by atoms with Gasteiger partial charge >= 0.3 is 0 Å². The van der Waals surface area contributed by atoms with Crippen molar-refractivity contribution >= 4 is 0 Å². The Balaban J connectivity index is 2.98. The normalized spacial score (nSPS) is 14.7. The topological polar surface area (TPSA) is 55.5 Å². The Morgan fingerprint density at radius 3 is 2.67 bits per heavy atom. The number of benzene rings is 1. The number of nitrogens with two attached hydrogens (primary N) is 1. The summed E-state index contributed by atoms with van der Waals surface area (Å²) in [6.07, 6.45) is 0.596. The second-order valence-electron chi connectivity index (χ2n) is 3.55. The molecule has 15 heavy (non-hydrogen) atoms. The molecule has 0 spiro atoms. The quantitative estimate of drug-likeness (QED) is 0.775. The number of aliphatic hydroxyl groups is 1. The van der Waals surface area contributed by atoms with Gasteiger partial charge in [-0.2, -0.15) is 0 Å². The van der Waals surface area contributed by atoms with Crippen molar-refractivity contribution in [3.8, 4) is 5.75 Å². The Hall–Kier alpha value is -1.06. The van der Waals surface area contributed by atoms with Gasteiger partial charge < -0.3 is 15.6 Å². The van der Waals surface area contributed by atoms with Gasteiger partial charge in [-0.15, -0.1) is 0 Å². The highest BCUT2D eigenvalue weighted by molar-refractivity contribution is 5.32. The molecule has 0 unspecified atom stereocenters. The molecule has 0 heterocycles. The van der Waals surface area contributed by atoms with E-state index in [4.69, 9.17) is 10.5 Å². The molecule has 1 rings (SSSR count). The lowest BCUT2D eigenvalue weighted by molar-refractivity contribution is 0.0416. The Morgan fingerprint density at radius 1 is 1.40 bits per heavy atom. The van der Waals surface area contributed by atoms with Crippen LogP contribution in [0.5, 0.6) is 5.75 Å². The Morgan fingerprint density at radius 2 is 2.13 bits per heavy atom. The fraction of sp³-hybridized carbons (Fsp3) is 0.500. The van der Waals surface area contributed by atoms with Gasteiger partial charge in [0.1, 0.15) is 11.4 Å². The highest BCUT2D eigenvalue weighted by Crippen LogP contribution is 2.26. The van der Waals surface area contributed by atoms with Gasteiger partial charge in [-0.1, -0.05) is 19.1 Å². The van der Waals surface area contributed by atoms with Gasteiger partial charge in [0.15, 0.2) is 0 Å². The molecule has 3 heteroatoms. The van der Waals surface area contributed by atoms with Crippen LogP contribution in [-0.4, -0.2) is 18.3 Å². The molecule has 0 aliphatic heterocycles. The van der Waals surface area contributed by atoms with Crippen molar-refractivity contribution in [2.24, 2.45) is 5.73 Å². The number of ether oxygens (including phenoxy) is 1. The van der Waals surface area contributed by atoms with E-state index in [1.807, 2.05) is 38.1 Å². The van der Waals surface area contributed by atoms with E-state index in [1.165, 1.54) is 0 Å². The van der Waals surface area contributed by atoms with E-state index in [-0.39, 0.29) is 6.54 Å². The third kappa shape index (κ3) is 2.70. The highest BCUT2D eigenvalue weighted by atomic mass is 16.5. The van der Waals surface area contributed by atoms with Crippen LogP contribution < -0.4 is 10.5 Å². The number of hydrogen-bond acceptors (Lipinski definition) is 3. The zero-order chi connectivity index (χ0) is 11.3. The molecule has 0 radical (unpaired) electrons. The van der Waals surface area contributed by atoms with E-state index in [9.17, 15) is 5.11 Å². The summed E-state index contributed by atoms with van der Waals surface area (Å²) in [6, 6.07) is 7.47. The summed E-state index contributed by atoms with van der Waals surface area (Å²) in [5, 5.41) is 10.2. The van der Waals surface area contributed by atoms with Crippen LogP contribution in [0, 0.1) is 0 Å². The van der Waals surface area contributed by atoms with E-state index < -0.39 is 5.60 Å². The molecular formula is C12H19NO2. The Kier molecular flexibility index (Phi) is 4.12. The minimum atomic E-state index is -0.937. The van der Waals surface area contributed by atoms with E-state index in [0.29, 0.717) is 13.0 Å². The van der Waals surface area contributed by atoms with Crippen LogP contribution in [0.4, 0.5) is 0 Å². The molecule has 0 aliphatic carbocycles. The van der Waals surface area contributed by atoms with Crippen LogP contribution >= 0.6 is 0 Å². The fourth-order valence-corrected chi connectivity index (χ4v) is 1.51. The molecule has 0 saturated heterocycles. The molecule has 0 aromatic heterocycles. The van der Waals surface area contributed by atoms with Crippen LogP contribution in [0.15, 0.2) is 24.3 Å². The van der Waals surface area contributed by atoms with Crippen LogP contribution in [0.3, 0.4) is 0 Å². The van der Waals surface area contributed by atoms with Crippen molar-refractivity contribution in [2.45, 2.75) is 25.9 Å². The zero-order valence-electron chi connectivity index (χ0n) is 9.36.